The second-order valence-corrected chi connectivity index (χ2v) is 5.92. The normalized spacial score (nSPS) is 22.3. The Balaban J connectivity index is 1.89. The van der Waals surface area contributed by atoms with Crippen molar-refractivity contribution in [2.24, 2.45) is 5.92 Å². The first-order valence-corrected chi connectivity index (χ1v) is 7.03. The van der Waals surface area contributed by atoms with Crippen molar-refractivity contribution in [2.75, 3.05) is 19.6 Å². The lowest BCUT2D eigenvalue weighted by Crippen LogP contribution is -2.23. The highest BCUT2D eigenvalue weighted by Crippen LogP contribution is 2.22. The molecule has 2 heteroatoms. The van der Waals surface area contributed by atoms with E-state index in [0.717, 1.165) is 24.4 Å². The highest BCUT2D eigenvalue weighted by Gasteiger charge is 2.19. The number of benzene rings is 1. The summed E-state index contributed by atoms with van der Waals surface area (Å²) in [7, 11) is 0. The molecule has 1 aromatic rings. The molecule has 0 spiro atoms. The first-order chi connectivity index (χ1) is 8.54. The molecule has 0 saturated carbocycles. The third-order valence-electron chi connectivity index (χ3n) is 3.86. The number of likely N-dealkylation sites (tertiary alicyclic amines) is 1. The van der Waals surface area contributed by atoms with E-state index in [2.05, 4.69) is 43.9 Å². The fraction of sp³-hybridized carbons (Fsp3) is 0.625. The smallest absolute Gasteiger partial charge is 0.0802 e. The van der Waals surface area contributed by atoms with Crippen molar-refractivity contribution in [2.45, 2.75) is 39.7 Å². The van der Waals surface area contributed by atoms with Gasteiger partial charge in [-0.2, -0.15) is 0 Å². The molecule has 2 nitrogen and oxygen atoms in total. The predicted molar refractivity (Wildman–Crippen MR) is 75.7 cm³/mol. The summed E-state index contributed by atoms with van der Waals surface area (Å²) in [6.45, 7) is 9.88. The zero-order valence-electron chi connectivity index (χ0n) is 11.8. The van der Waals surface area contributed by atoms with Crippen molar-refractivity contribution in [3.63, 3.8) is 0 Å². The molecule has 1 heterocycles. The Morgan fingerprint density at radius 3 is 2.50 bits per heavy atom. The van der Waals surface area contributed by atoms with Gasteiger partial charge in [0.25, 0.3) is 0 Å². The average Bonchev–Trinajstić information content (AvgIpc) is 2.70. The number of aliphatic hydroxyl groups excluding tert-OH is 1. The summed E-state index contributed by atoms with van der Waals surface area (Å²) < 4.78 is 0. The molecule has 1 aromatic carbocycles. The molecule has 100 valence electrons. The highest BCUT2D eigenvalue weighted by molar-refractivity contribution is 5.29. The minimum Gasteiger partial charge on any atom is -0.388 e. The maximum Gasteiger partial charge on any atom is 0.0802 e. The van der Waals surface area contributed by atoms with Crippen LogP contribution in [0, 0.1) is 19.8 Å². The third kappa shape index (κ3) is 3.56. The van der Waals surface area contributed by atoms with Crippen molar-refractivity contribution in [1.29, 1.82) is 0 Å². The molecular weight excluding hydrogens is 222 g/mol. The lowest BCUT2D eigenvalue weighted by molar-refractivity contribution is 0.148. The van der Waals surface area contributed by atoms with Gasteiger partial charge in [-0.05, 0) is 44.7 Å². The summed E-state index contributed by atoms with van der Waals surface area (Å²) >= 11 is 0. The molecule has 1 fully saturated rings. The Kier molecular flexibility index (Phi) is 4.41. The number of aliphatic hydroxyl groups is 1. The molecule has 0 aromatic heterocycles. The fourth-order valence-electron chi connectivity index (χ4n) is 2.90. The van der Waals surface area contributed by atoms with Gasteiger partial charge in [0.05, 0.1) is 6.10 Å². The van der Waals surface area contributed by atoms with E-state index in [4.69, 9.17) is 0 Å². The van der Waals surface area contributed by atoms with Gasteiger partial charge in [-0.25, -0.2) is 0 Å². The van der Waals surface area contributed by atoms with Crippen molar-refractivity contribution >= 4 is 0 Å². The van der Waals surface area contributed by atoms with E-state index < -0.39 is 0 Å². The Morgan fingerprint density at radius 1 is 1.28 bits per heavy atom. The van der Waals surface area contributed by atoms with Crippen molar-refractivity contribution < 1.29 is 5.11 Å². The van der Waals surface area contributed by atoms with Crippen LogP contribution in [0.15, 0.2) is 18.2 Å². The van der Waals surface area contributed by atoms with Crippen LogP contribution in [0.1, 0.15) is 42.6 Å². The molecule has 18 heavy (non-hydrogen) atoms. The van der Waals surface area contributed by atoms with Crippen LogP contribution in [0.4, 0.5) is 0 Å². The number of hydrogen-bond acceptors (Lipinski definition) is 2. The van der Waals surface area contributed by atoms with Gasteiger partial charge in [0.2, 0.25) is 0 Å². The van der Waals surface area contributed by atoms with Gasteiger partial charge >= 0.3 is 0 Å². The fourth-order valence-corrected chi connectivity index (χ4v) is 2.90. The van der Waals surface area contributed by atoms with Gasteiger partial charge in [0, 0.05) is 13.1 Å². The Bertz CT molecular complexity index is 382. The van der Waals surface area contributed by atoms with Gasteiger partial charge in [-0.15, -0.1) is 0 Å². The highest BCUT2D eigenvalue weighted by atomic mass is 16.3. The summed E-state index contributed by atoms with van der Waals surface area (Å²) in [5.74, 6) is 0.823. The Morgan fingerprint density at radius 2 is 1.94 bits per heavy atom. The topological polar surface area (TPSA) is 23.5 Å². The minimum atomic E-state index is -0.320. The van der Waals surface area contributed by atoms with E-state index in [1.807, 2.05) is 0 Å². The molecule has 0 radical (unpaired) electrons. The average molecular weight is 247 g/mol. The van der Waals surface area contributed by atoms with Gasteiger partial charge in [0.15, 0.2) is 0 Å². The number of hydrogen-bond donors (Lipinski definition) is 1. The second-order valence-electron chi connectivity index (χ2n) is 5.92. The number of nitrogens with zero attached hydrogens (tertiary/aromatic N) is 1. The second kappa shape index (κ2) is 5.85. The van der Waals surface area contributed by atoms with Crippen LogP contribution in [0.25, 0.3) is 0 Å². The van der Waals surface area contributed by atoms with E-state index >= 15 is 0 Å². The number of rotatable bonds is 4. The molecule has 2 unspecified atom stereocenters. The van der Waals surface area contributed by atoms with E-state index in [-0.39, 0.29) is 6.10 Å². The molecule has 0 bridgehead atoms. The van der Waals surface area contributed by atoms with Crippen molar-refractivity contribution in [1.82, 2.24) is 4.90 Å². The molecule has 2 atom stereocenters. The predicted octanol–water partition coefficient (Wildman–Crippen LogP) is 3.07. The quantitative estimate of drug-likeness (QED) is 0.884. The zero-order valence-corrected chi connectivity index (χ0v) is 11.8. The van der Waals surface area contributed by atoms with Gasteiger partial charge in [-0.1, -0.05) is 36.2 Å². The van der Waals surface area contributed by atoms with E-state index in [9.17, 15) is 5.11 Å². The molecule has 1 saturated heterocycles. The Hall–Kier alpha value is -0.860. The van der Waals surface area contributed by atoms with Gasteiger partial charge in [0.1, 0.15) is 0 Å². The van der Waals surface area contributed by atoms with Crippen molar-refractivity contribution in [3.8, 4) is 0 Å². The molecule has 0 amide bonds. The maximum absolute atomic E-state index is 10.3. The lowest BCUT2D eigenvalue weighted by Gasteiger charge is -2.18. The molecule has 1 aliphatic heterocycles. The van der Waals surface area contributed by atoms with Crippen LogP contribution >= 0.6 is 0 Å². The first-order valence-electron chi connectivity index (χ1n) is 7.03. The summed E-state index contributed by atoms with van der Waals surface area (Å²) in [4.78, 5) is 2.47. The Labute approximate surface area is 111 Å². The molecule has 1 N–H and O–H groups in total. The maximum atomic E-state index is 10.3. The largest absolute Gasteiger partial charge is 0.388 e. The van der Waals surface area contributed by atoms with E-state index in [1.54, 1.807) is 0 Å². The molecule has 0 aliphatic carbocycles. The summed E-state index contributed by atoms with van der Waals surface area (Å²) in [6, 6.07) is 6.35. The van der Waals surface area contributed by atoms with Crippen LogP contribution in [0.5, 0.6) is 0 Å². The van der Waals surface area contributed by atoms with E-state index in [1.165, 1.54) is 30.6 Å². The standard InChI is InChI=1S/C16H25NO/c1-12-4-6-17(11-12)7-5-16(18)15-9-13(2)8-14(3)10-15/h8-10,12,16,18H,4-7,11H2,1-3H3. The van der Waals surface area contributed by atoms with Gasteiger partial charge in [-0.3, -0.25) is 0 Å². The van der Waals surface area contributed by atoms with Crippen LogP contribution < -0.4 is 0 Å². The summed E-state index contributed by atoms with van der Waals surface area (Å²) in [5.41, 5.74) is 3.54. The van der Waals surface area contributed by atoms with Gasteiger partial charge < -0.3 is 10.0 Å². The SMILES string of the molecule is Cc1cc(C)cc(C(O)CCN2CCC(C)C2)c1. The van der Waals surface area contributed by atoms with Crippen LogP contribution in [0.2, 0.25) is 0 Å². The van der Waals surface area contributed by atoms with Crippen LogP contribution in [-0.4, -0.2) is 29.6 Å². The molecule has 1 aliphatic rings. The monoisotopic (exact) mass is 247 g/mol. The van der Waals surface area contributed by atoms with Crippen molar-refractivity contribution in [3.05, 3.63) is 34.9 Å². The van der Waals surface area contributed by atoms with Crippen LogP contribution in [0.3, 0.4) is 0 Å². The van der Waals surface area contributed by atoms with E-state index in [0.29, 0.717) is 0 Å². The molecular formula is C16H25NO. The third-order valence-corrected chi connectivity index (χ3v) is 3.86. The number of aryl methyl sites for hydroxylation is 2. The molecule has 2 rings (SSSR count). The minimum absolute atomic E-state index is 0.320. The first kappa shape index (κ1) is 13.6. The summed E-state index contributed by atoms with van der Waals surface area (Å²) in [6.07, 6.45) is 1.83. The zero-order chi connectivity index (χ0) is 13.1. The van der Waals surface area contributed by atoms with Crippen LogP contribution in [-0.2, 0) is 0 Å². The lowest BCUT2D eigenvalue weighted by atomic mass is 10.0. The summed E-state index contributed by atoms with van der Waals surface area (Å²) in [5, 5.41) is 10.3.